The maximum atomic E-state index is 12.2. The number of nitrogens with zero attached hydrogens (tertiary/aromatic N) is 2. The quantitative estimate of drug-likeness (QED) is 0.555. The van der Waals surface area contributed by atoms with Crippen molar-refractivity contribution in [1.29, 1.82) is 0 Å². The number of esters is 1. The van der Waals surface area contributed by atoms with Gasteiger partial charge in [-0.2, -0.15) is 4.98 Å². The SMILES string of the molecule is CCNS(=O)(=O)c1ccc(C(=O)OCc2nc(-c3ccc(OC)cc3)no2)cc1. The summed E-state index contributed by atoms with van der Waals surface area (Å²) < 4.78 is 41.6. The van der Waals surface area contributed by atoms with Crippen molar-refractivity contribution in [2.75, 3.05) is 13.7 Å². The van der Waals surface area contributed by atoms with Crippen molar-refractivity contribution >= 4 is 16.0 Å². The molecule has 1 aromatic heterocycles. The Labute approximate surface area is 167 Å². The van der Waals surface area contributed by atoms with E-state index < -0.39 is 16.0 Å². The van der Waals surface area contributed by atoms with Crippen LogP contribution in [0.5, 0.6) is 5.75 Å². The molecule has 0 saturated heterocycles. The van der Waals surface area contributed by atoms with Crippen LogP contribution in [0.1, 0.15) is 23.2 Å². The van der Waals surface area contributed by atoms with Gasteiger partial charge in [0.1, 0.15) is 5.75 Å². The summed E-state index contributed by atoms with van der Waals surface area (Å²) in [5.74, 6) is 0.560. The predicted octanol–water partition coefficient (Wildman–Crippen LogP) is 2.40. The van der Waals surface area contributed by atoms with Gasteiger partial charge in [-0.15, -0.1) is 0 Å². The summed E-state index contributed by atoms with van der Waals surface area (Å²) in [6.07, 6.45) is 0. The van der Waals surface area contributed by atoms with Crippen LogP contribution in [0.4, 0.5) is 0 Å². The summed E-state index contributed by atoms with van der Waals surface area (Å²) >= 11 is 0. The highest BCUT2D eigenvalue weighted by Crippen LogP contribution is 2.20. The van der Waals surface area contributed by atoms with Crippen LogP contribution in [0.2, 0.25) is 0 Å². The van der Waals surface area contributed by atoms with Gasteiger partial charge in [0.05, 0.1) is 17.6 Å². The Morgan fingerprint density at radius 1 is 1.10 bits per heavy atom. The second kappa shape index (κ2) is 8.84. The molecule has 0 radical (unpaired) electrons. The van der Waals surface area contributed by atoms with Gasteiger partial charge in [-0.25, -0.2) is 17.9 Å². The summed E-state index contributed by atoms with van der Waals surface area (Å²) in [6, 6.07) is 12.5. The van der Waals surface area contributed by atoms with Crippen LogP contribution in [-0.2, 0) is 21.4 Å². The molecule has 0 saturated carbocycles. The fourth-order valence-corrected chi connectivity index (χ4v) is 3.47. The molecule has 29 heavy (non-hydrogen) atoms. The topological polar surface area (TPSA) is 121 Å². The predicted molar refractivity (Wildman–Crippen MR) is 103 cm³/mol. The Kier molecular flexibility index (Phi) is 6.25. The molecule has 0 unspecified atom stereocenters. The number of aromatic nitrogens is 2. The second-order valence-corrected chi connectivity index (χ2v) is 7.61. The zero-order valence-corrected chi connectivity index (χ0v) is 16.6. The number of methoxy groups -OCH3 is 1. The lowest BCUT2D eigenvalue weighted by Crippen LogP contribution is -2.23. The Morgan fingerprint density at radius 2 is 1.79 bits per heavy atom. The van der Waals surface area contributed by atoms with E-state index in [0.29, 0.717) is 11.6 Å². The first kappa shape index (κ1) is 20.5. The zero-order valence-electron chi connectivity index (χ0n) is 15.8. The van der Waals surface area contributed by atoms with Gasteiger partial charge in [-0.3, -0.25) is 0 Å². The minimum Gasteiger partial charge on any atom is -0.497 e. The summed E-state index contributed by atoms with van der Waals surface area (Å²) in [7, 11) is -2.01. The number of hydrogen-bond donors (Lipinski definition) is 1. The molecule has 1 heterocycles. The number of carbonyl (C=O) groups is 1. The van der Waals surface area contributed by atoms with E-state index in [1.165, 1.54) is 24.3 Å². The Balaban J connectivity index is 1.61. The maximum absolute atomic E-state index is 12.2. The van der Waals surface area contributed by atoms with E-state index in [1.807, 2.05) is 0 Å². The fourth-order valence-electron chi connectivity index (χ4n) is 2.42. The average molecular weight is 417 g/mol. The minimum absolute atomic E-state index is 0.0666. The molecular weight excluding hydrogens is 398 g/mol. The molecule has 2 aromatic carbocycles. The molecule has 1 N–H and O–H groups in total. The lowest BCUT2D eigenvalue weighted by Gasteiger charge is -2.06. The van der Waals surface area contributed by atoms with Crippen molar-refractivity contribution in [2.45, 2.75) is 18.4 Å². The highest BCUT2D eigenvalue weighted by molar-refractivity contribution is 7.89. The third kappa shape index (κ3) is 4.98. The van der Waals surface area contributed by atoms with Crippen molar-refractivity contribution in [3.63, 3.8) is 0 Å². The van der Waals surface area contributed by atoms with Crippen molar-refractivity contribution in [1.82, 2.24) is 14.9 Å². The Morgan fingerprint density at radius 3 is 2.41 bits per heavy atom. The summed E-state index contributed by atoms with van der Waals surface area (Å²) in [5.41, 5.74) is 0.931. The summed E-state index contributed by atoms with van der Waals surface area (Å²) in [4.78, 5) is 16.4. The van der Waals surface area contributed by atoms with E-state index in [9.17, 15) is 13.2 Å². The average Bonchev–Trinajstić information content (AvgIpc) is 3.21. The number of sulfonamides is 1. The number of hydrogen-bond acceptors (Lipinski definition) is 8. The van der Waals surface area contributed by atoms with Gasteiger partial charge in [0.2, 0.25) is 15.8 Å². The van der Waals surface area contributed by atoms with Crippen molar-refractivity contribution in [3.05, 3.63) is 60.0 Å². The molecular formula is C19H19N3O6S. The first-order valence-electron chi connectivity index (χ1n) is 8.67. The van der Waals surface area contributed by atoms with Crippen LogP contribution < -0.4 is 9.46 Å². The third-order valence-electron chi connectivity index (χ3n) is 3.88. The van der Waals surface area contributed by atoms with Gasteiger partial charge in [0, 0.05) is 12.1 Å². The molecule has 0 aliphatic carbocycles. The van der Waals surface area contributed by atoms with Crippen molar-refractivity contribution in [2.24, 2.45) is 0 Å². The van der Waals surface area contributed by atoms with Gasteiger partial charge in [-0.1, -0.05) is 12.1 Å². The first-order chi connectivity index (χ1) is 13.9. The lowest BCUT2D eigenvalue weighted by atomic mass is 10.2. The highest BCUT2D eigenvalue weighted by atomic mass is 32.2. The van der Waals surface area contributed by atoms with E-state index in [4.69, 9.17) is 14.0 Å². The van der Waals surface area contributed by atoms with E-state index in [1.54, 1.807) is 38.3 Å². The van der Waals surface area contributed by atoms with E-state index in [2.05, 4.69) is 14.9 Å². The van der Waals surface area contributed by atoms with Gasteiger partial charge >= 0.3 is 5.97 Å². The van der Waals surface area contributed by atoms with Crippen LogP contribution in [0.25, 0.3) is 11.4 Å². The molecule has 152 valence electrons. The van der Waals surface area contributed by atoms with Crippen LogP contribution >= 0.6 is 0 Å². The molecule has 0 aliphatic heterocycles. The second-order valence-electron chi connectivity index (χ2n) is 5.84. The smallest absolute Gasteiger partial charge is 0.338 e. The summed E-state index contributed by atoms with van der Waals surface area (Å²) in [6.45, 7) is 1.75. The van der Waals surface area contributed by atoms with Crippen LogP contribution in [0.3, 0.4) is 0 Å². The van der Waals surface area contributed by atoms with Gasteiger partial charge in [-0.05, 0) is 48.5 Å². The van der Waals surface area contributed by atoms with E-state index in [-0.39, 0.29) is 29.5 Å². The molecule has 0 atom stereocenters. The third-order valence-corrected chi connectivity index (χ3v) is 5.44. The normalized spacial score (nSPS) is 11.2. The van der Waals surface area contributed by atoms with E-state index >= 15 is 0 Å². The maximum Gasteiger partial charge on any atom is 0.338 e. The van der Waals surface area contributed by atoms with Crippen LogP contribution in [-0.4, -0.2) is 38.2 Å². The van der Waals surface area contributed by atoms with Gasteiger partial charge < -0.3 is 14.0 Å². The van der Waals surface area contributed by atoms with Gasteiger partial charge in [0.15, 0.2) is 6.61 Å². The number of carbonyl (C=O) groups excluding carboxylic acids is 1. The molecule has 3 aromatic rings. The van der Waals surface area contributed by atoms with Gasteiger partial charge in [0.25, 0.3) is 5.89 Å². The van der Waals surface area contributed by atoms with Crippen molar-refractivity contribution < 1.29 is 27.2 Å². The molecule has 3 rings (SSSR count). The fraction of sp³-hybridized carbons (Fsp3) is 0.211. The monoisotopic (exact) mass is 417 g/mol. The molecule has 10 heteroatoms. The first-order valence-corrected chi connectivity index (χ1v) is 10.1. The highest BCUT2D eigenvalue weighted by Gasteiger charge is 2.16. The molecule has 0 bridgehead atoms. The van der Waals surface area contributed by atoms with Crippen LogP contribution in [0.15, 0.2) is 57.9 Å². The molecule has 9 nitrogen and oxygen atoms in total. The Hall–Kier alpha value is -3.24. The summed E-state index contributed by atoms with van der Waals surface area (Å²) in [5, 5.41) is 3.86. The number of benzene rings is 2. The number of nitrogens with one attached hydrogen (secondary N) is 1. The van der Waals surface area contributed by atoms with E-state index in [0.717, 1.165) is 5.56 Å². The molecule has 0 spiro atoms. The number of rotatable bonds is 8. The Bertz CT molecular complexity index is 1080. The largest absolute Gasteiger partial charge is 0.497 e. The minimum atomic E-state index is -3.58. The molecule has 0 amide bonds. The van der Waals surface area contributed by atoms with Crippen molar-refractivity contribution in [3.8, 4) is 17.1 Å². The van der Waals surface area contributed by atoms with Crippen LogP contribution in [0, 0.1) is 0 Å². The molecule has 0 fully saturated rings. The number of ether oxygens (including phenoxy) is 2. The molecule has 0 aliphatic rings. The zero-order chi connectivity index (χ0) is 20.9. The standard InChI is InChI=1S/C19H19N3O6S/c1-3-20-29(24,25)16-10-6-14(7-11-16)19(23)27-12-17-21-18(22-28-17)13-4-8-15(26-2)9-5-13/h4-11,20H,3,12H2,1-2H3. The lowest BCUT2D eigenvalue weighted by molar-refractivity contribution is 0.0429.